The average Bonchev–Trinajstić information content (AvgIpc) is 2.98. The number of piperidine rings is 1. The molecule has 0 amide bonds. The highest BCUT2D eigenvalue weighted by molar-refractivity contribution is 5.47. The maximum Gasteiger partial charge on any atom is 0.244 e. The van der Waals surface area contributed by atoms with Crippen molar-refractivity contribution < 1.29 is 4.52 Å². The SMILES string of the molecule is CCC1CCNC(c2nc(-c3ccccn3)no2)C1. The van der Waals surface area contributed by atoms with E-state index < -0.39 is 0 Å². The van der Waals surface area contributed by atoms with Gasteiger partial charge in [0.25, 0.3) is 0 Å². The maximum atomic E-state index is 5.39. The molecule has 0 saturated carbocycles. The predicted octanol–water partition coefficient (Wildman–Crippen LogP) is 2.58. The number of nitrogens with zero attached hydrogens (tertiary/aromatic N) is 3. The van der Waals surface area contributed by atoms with Gasteiger partial charge in [0, 0.05) is 6.20 Å². The zero-order valence-electron chi connectivity index (χ0n) is 11.0. The van der Waals surface area contributed by atoms with Gasteiger partial charge in [-0.25, -0.2) is 0 Å². The Morgan fingerprint density at radius 1 is 1.42 bits per heavy atom. The van der Waals surface area contributed by atoms with Gasteiger partial charge in [-0.05, 0) is 37.4 Å². The van der Waals surface area contributed by atoms with Gasteiger partial charge in [0.2, 0.25) is 11.7 Å². The molecule has 0 spiro atoms. The quantitative estimate of drug-likeness (QED) is 0.916. The Labute approximate surface area is 112 Å². The summed E-state index contributed by atoms with van der Waals surface area (Å²) in [6.45, 7) is 3.25. The summed E-state index contributed by atoms with van der Waals surface area (Å²) < 4.78 is 5.39. The summed E-state index contributed by atoms with van der Waals surface area (Å²) >= 11 is 0. The Kier molecular flexibility index (Phi) is 3.55. The smallest absolute Gasteiger partial charge is 0.244 e. The lowest BCUT2D eigenvalue weighted by molar-refractivity contribution is 0.246. The minimum absolute atomic E-state index is 0.184. The van der Waals surface area contributed by atoms with E-state index in [2.05, 4.69) is 27.4 Å². The van der Waals surface area contributed by atoms with Gasteiger partial charge < -0.3 is 9.84 Å². The fourth-order valence-electron chi connectivity index (χ4n) is 2.53. The molecule has 1 fully saturated rings. The first kappa shape index (κ1) is 12.3. The third-order valence-corrected chi connectivity index (χ3v) is 3.72. The van der Waals surface area contributed by atoms with Crippen molar-refractivity contribution in [3.05, 3.63) is 30.3 Å². The molecule has 1 saturated heterocycles. The van der Waals surface area contributed by atoms with E-state index in [1.165, 1.54) is 12.8 Å². The van der Waals surface area contributed by atoms with E-state index in [-0.39, 0.29) is 6.04 Å². The summed E-state index contributed by atoms with van der Waals surface area (Å²) in [5.41, 5.74) is 0.750. The molecular formula is C14H18N4O. The number of hydrogen-bond donors (Lipinski definition) is 1. The Balaban J connectivity index is 1.78. The largest absolute Gasteiger partial charge is 0.337 e. The van der Waals surface area contributed by atoms with Crippen LogP contribution in [0.1, 0.15) is 38.1 Å². The molecule has 0 radical (unpaired) electrons. The summed E-state index contributed by atoms with van der Waals surface area (Å²) in [5.74, 6) is 1.99. The summed E-state index contributed by atoms with van der Waals surface area (Å²) in [5, 5.41) is 7.47. The molecule has 2 unspecified atom stereocenters. The number of rotatable bonds is 3. The van der Waals surface area contributed by atoms with Crippen molar-refractivity contribution in [3.8, 4) is 11.5 Å². The molecule has 0 bridgehead atoms. The molecule has 19 heavy (non-hydrogen) atoms. The van der Waals surface area contributed by atoms with Crippen LogP contribution in [0.3, 0.4) is 0 Å². The second kappa shape index (κ2) is 5.48. The first-order valence-electron chi connectivity index (χ1n) is 6.85. The van der Waals surface area contributed by atoms with Crippen LogP contribution in [0.5, 0.6) is 0 Å². The van der Waals surface area contributed by atoms with Gasteiger partial charge in [0.05, 0.1) is 6.04 Å². The van der Waals surface area contributed by atoms with Gasteiger partial charge >= 0.3 is 0 Å². The lowest BCUT2D eigenvalue weighted by Gasteiger charge is -2.27. The van der Waals surface area contributed by atoms with Crippen molar-refractivity contribution in [2.45, 2.75) is 32.2 Å². The average molecular weight is 258 g/mol. The fraction of sp³-hybridized carbons (Fsp3) is 0.500. The Hall–Kier alpha value is -1.75. The highest BCUT2D eigenvalue weighted by Gasteiger charge is 2.26. The van der Waals surface area contributed by atoms with Crippen LogP contribution < -0.4 is 5.32 Å². The monoisotopic (exact) mass is 258 g/mol. The van der Waals surface area contributed by atoms with Crippen LogP contribution in [-0.4, -0.2) is 21.7 Å². The van der Waals surface area contributed by atoms with E-state index >= 15 is 0 Å². The van der Waals surface area contributed by atoms with Crippen molar-refractivity contribution in [2.75, 3.05) is 6.54 Å². The van der Waals surface area contributed by atoms with Crippen LogP contribution in [0.15, 0.2) is 28.9 Å². The molecule has 100 valence electrons. The maximum absolute atomic E-state index is 5.39. The molecular weight excluding hydrogens is 240 g/mol. The van der Waals surface area contributed by atoms with E-state index in [9.17, 15) is 0 Å². The Morgan fingerprint density at radius 3 is 3.16 bits per heavy atom. The Bertz CT molecular complexity index is 525. The van der Waals surface area contributed by atoms with Gasteiger partial charge in [0.15, 0.2) is 0 Å². The minimum atomic E-state index is 0.184. The van der Waals surface area contributed by atoms with Crippen molar-refractivity contribution in [2.24, 2.45) is 5.92 Å². The van der Waals surface area contributed by atoms with E-state index in [4.69, 9.17) is 4.52 Å². The lowest BCUT2D eigenvalue weighted by Crippen LogP contribution is -2.31. The molecule has 2 atom stereocenters. The second-order valence-electron chi connectivity index (χ2n) is 4.98. The highest BCUT2D eigenvalue weighted by Crippen LogP contribution is 2.28. The number of aromatic nitrogens is 3. The summed E-state index contributed by atoms with van der Waals surface area (Å²) in [4.78, 5) is 8.70. The van der Waals surface area contributed by atoms with Crippen LogP contribution in [0, 0.1) is 5.92 Å². The summed E-state index contributed by atoms with van der Waals surface area (Å²) in [6.07, 6.45) is 5.24. The number of hydrogen-bond acceptors (Lipinski definition) is 5. The zero-order chi connectivity index (χ0) is 13.1. The van der Waals surface area contributed by atoms with E-state index in [0.29, 0.717) is 11.7 Å². The Morgan fingerprint density at radius 2 is 2.37 bits per heavy atom. The number of nitrogens with one attached hydrogen (secondary N) is 1. The van der Waals surface area contributed by atoms with Crippen molar-refractivity contribution >= 4 is 0 Å². The summed E-state index contributed by atoms with van der Waals surface area (Å²) in [6, 6.07) is 5.87. The molecule has 3 rings (SSSR count). The molecule has 1 aliphatic rings. The summed E-state index contributed by atoms with van der Waals surface area (Å²) in [7, 11) is 0. The molecule has 2 aromatic heterocycles. The molecule has 1 N–H and O–H groups in total. The molecule has 3 heterocycles. The standard InChI is InChI=1S/C14H18N4O/c1-2-10-6-8-16-12(9-10)14-17-13(18-19-14)11-5-3-4-7-15-11/h3-5,7,10,12,16H,2,6,8-9H2,1H3. The van der Waals surface area contributed by atoms with Gasteiger partial charge in [-0.2, -0.15) is 4.98 Å². The van der Waals surface area contributed by atoms with Gasteiger partial charge in [0.1, 0.15) is 5.69 Å². The van der Waals surface area contributed by atoms with Crippen LogP contribution in [0.2, 0.25) is 0 Å². The molecule has 0 aliphatic carbocycles. The lowest BCUT2D eigenvalue weighted by atomic mass is 9.90. The van der Waals surface area contributed by atoms with E-state index in [1.54, 1.807) is 6.20 Å². The molecule has 0 aromatic carbocycles. The van der Waals surface area contributed by atoms with Gasteiger partial charge in [-0.3, -0.25) is 4.98 Å². The first-order chi connectivity index (χ1) is 9.36. The van der Waals surface area contributed by atoms with E-state index in [1.807, 2.05) is 18.2 Å². The van der Waals surface area contributed by atoms with Crippen LogP contribution >= 0.6 is 0 Å². The third kappa shape index (κ3) is 2.66. The van der Waals surface area contributed by atoms with Crippen molar-refractivity contribution in [3.63, 3.8) is 0 Å². The van der Waals surface area contributed by atoms with Crippen LogP contribution in [-0.2, 0) is 0 Å². The van der Waals surface area contributed by atoms with Gasteiger partial charge in [-0.15, -0.1) is 0 Å². The molecule has 5 nitrogen and oxygen atoms in total. The highest BCUT2D eigenvalue weighted by atomic mass is 16.5. The van der Waals surface area contributed by atoms with Crippen molar-refractivity contribution in [1.82, 2.24) is 20.4 Å². The molecule has 2 aromatic rings. The number of pyridine rings is 1. The molecule has 1 aliphatic heterocycles. The van der Waals surface area contributed by atoms with Crippen LogP contribution in [0.4, 0.5) is 0 Å². The normalized spacial score (nSPS) is 23.4. The zero-order valence-corrected chi connectivity index (χ0v) is 11.0. The van der Waals surface area contributed by atoms with Crippen LogP contribution in [0.25, 0.3) is 11.5 Å². The molecule has 5 heteroatoms. The fourth-order valence-corrected chi connectivity index (χ4v) is 2.53. The van der Waals surface area contributed by atoms with E-state index in [0.717, 1.165) is 24.6 Å². The minimum Gasteiger partial charge on any atom is -0.337 e. The first-order valence-corrected chi connectivity index (χ1v) is 6.85. The second-order valence-corrected chi connectivity index (χ2v) is 4.98. The van der Waals surface area contributed by atoms with Gasteiger partial charge in [-0.1, -0.05) is 24.6 Å². The topological polar surface area (TPSA) is 63.8 Å². The van der Waals surface area contributed by atoms with Crippen molar-refractivity contribution in [1.29, 1.82) is 0 Å². The predicted molar refractivity (Wildman–Crippen MR) is 71.3 cm³/mol. The third-order valence-electron chi connectivity index (χ3n) is 3.72.